The van der Waals surface area contributed by atoms with Gasteiger partial charge in [-0.05, 0) is 37.1 Å². The van der Waals surface area contributed by atoms with E-state index in [0.717, 1.165) is 16.9 Å². The van der Waals surface area contributed by atoms with E-state index < -0.39 is 17.8 Å². The fraction of sp³-hybridized carbons (Fsp3) is 0.238. The van der Waals surface area contributed by atoms with E-state index in [1.807, 2.05) is 19.1 Å². The van der Waals surface area contributed by atoms with E-state index in [-0.39, 0.29) is 27.7 Å². The zero-order chi connectivity index (χ0) is 22.5. The molecule has 0 atom stereocenters. The molecular formula is C21H22N4O5S. The van der Waals surface area contributed by atoms with Crippen LogP contribution in [0.2, 0.25) is 0 Å². The van der Waals surface area contributed by atoms with Crippen LogP contribution in [0.4, 0.5) is 5.00 Å². The normalized spacial score (nSPS) is 10.5. The smallest absolute Gasteiger partial charge is 0.341 e. The Hall–Kier alpha value is -3.66. The van der Waals surface area contributed by atoms with Crippen molar-refractivity contribution in [1.29, 1.82) is 0 Å². The van der Waals surface area contributed by atoms with Gasteiger partial charge in [-0.15, -0.1) is 11.3 Å². The lowest BCUT2D eigenvalue weighted by atomic mass is 10.1. The van der Waals surface area contributed by atoms with Crippen molar-refractivity contribution in [1.82, 2.24) is 10.2 Å². The Labute approximate surface area is 182 Å². The summed E-state index contributed by atoms with van der Waals surface area (Å²) in [4.78, 5) is 37.2. The molecule has 0 aliphatic rings. The number of methoxy groups -OCH3 is 1. The van der Waals surface area contributed by atoms with Crippen LogP contribution in [0.25, 0.3) is 11.3 Å². The lowest BCUT2D eigenvalue weighted by Crippen LogP contribution is -2.15. The zero-order valence-corrected chi connectivity index (χ0v) is 18.1. The van der Waals surface area contributed by atoms with Gasteiger partial charge in [-0.2, -0.15) is 5.10 Å². The number of nitrogens with two attached hydrogens (primary N) is 1. The number of amides is 2. The largest absolute Gasteiger partial charge is 0.497 e. The number of ether oxygens (including phenoxy) is 2. The second-order valence-electron chi connectivity index (χ2n) is 6.61. The molecule has 0 bridgehead atoms. The average molecular weight is 442 g/mol. The van der Waals surface area contributed by atoms with E-state index in [1.54, 1.807) is 32.2 Å². The highest BCUT2D eigenvalue weighted by Crippen LogP contribution is 2.34. The molecule has 31 heavy (non-hydrogen) atoms. The summed E-state index contributed by atoms with van der Waals surface area (Å²) in [6.07, 6.45) is 0.639. The van der Waals surface area contributed by atoms with E-state index in [9.17, 15) is 14.4 Å². The Balaban J connectivity index is 1.88. The summed E-state index contributed by atoms with van der Waals surface area (Å²) in [6.45, 7) is 3.67. The molecule has 1 aromatic carbocycles. The molecule has 0 saturated heterocycles. The molecule has 0 fully saturated rings. The molecule has 3 rings (SSSR count). The van der Waals surface area contributed by atoms with Crippen LogP contribution in [0.5, 0.6) is 5.75 Å². The van der Waals surface area contributed by atoms with Gasteiger partial charge in [0.2, 0.25) is 0 Å². The van der Waals surface area contributed by atoms with Gasteiger partial charge >= 0.3 is 5.97 Å². The van der Waals surface area contributed by atoms with Crippen molar-refractivity contribution in [2.75, 3.05) is 19.0 Å². The van der Waals surface area contributed by atoms with Crippen LogP contribution in [0.3, 0.4) is 0 Å². The minimum absolute atomic E-state index is 0.119. The molecule has 4 N–H and O–H groups in total. The number of nitrogens with one attached hydrogen (secondary N) is 2. The Morgan fingerprint density at radius 3 is 2.71 bits per heavy atom. The van der Waals surface area contributed by atoms with Crippen LogP contribution in [-0.2, 0) is 4.74 Å². The molecule has 0 unspecified atom stereocenters. The minimum Gasteiger partial charge on any atom is -0.497 e. The third kappa shape index (κ3) is 4.75. The minimum atomic E-state index is -0.686. The van der Waals surface area contributed by atoms with E-state index >= 15 is 0 Å². The first-order valence-electron chi connectivity index (χ1n) is 9.47. The number of benzene rings is 1. The number of hydrogen-bond acceptors (Lipinski definition) is 7. The van der Waals surface area contributed by atoms with Gasteiger partial charge in [0.05, 0.1) is 29.9 Å². The molecule has 0 aliphatic heterocycles. The third-order valence-corrected chi connectivity index (χ3v) is 5.65. The number of aromatic amines is 1. The van der Waals surface area contributed by atoms with E-state index in [2.05, 4.69) is 15.5 Å². The Morgan fingerprint density at radius 2 is 2.03 bits per heavy atom. The molecule has 2 aromatic heterocycles. The quantitative estimate of drug-likeness (QED) is 0.458. The van der Waals surface area contributed by atoms with E-state index in [0.29, 0.717) is 23.4 Å². The number of thiophene rings is 1. The van der Waals surface area contributed by atoms with Crippen molar-refractivity contribution in [3.05, 3.63) is 52.0 Å². The highest BCUT2D eigenvalue weighted by atomic mass is 32.1. The molecule has 10 heteroatoms. The van der Waals surface area contributed by atoms with Gasteiger partial charge in [0.15, 0.2) is 0 Å². The SMILES string of the molecule is CCCOC(=O)c1c(NC(=O)c2cc(-c3cccc(OC)c3)n[nH]2)sc(C(N)=O)c1C. The first kappa shape index (κ1) is 22.0. The van der Waals surface area contributed by atoms with Crippen LogP contribution < -0.4 is 15.8 Å². The monoisotopic (exact) mass is 442 g/mol. The first-order chi connectivity index (χ1) is 14.8. The summed E-state index contributed by atoms with van der Waals surface area (Å²) < 4.78 is 10.4. The maximum atomic E-state index is 12.8. The van der Waals surface area contributed by atoms with Crippen LogP contribution in [0.15, 0.2) is 30.3 Å². The van der Waals surface area contributed by atoms with Crippen molar-refractivity contribution < 1.29 is 23.9 Å². The summed E-state index contributed by atoms with van der Waals surface area (Å²) in [6, 6.07) is 8.83. The van der Waals surface area contributed by atoms with Gasteiger partial charge in [0.25, 0.3) is 11.8 Å². The van der Waals surface area contributed by atoms with Gasteiger partial charge in [-0.1, -0.05) is 19.1 Å². The maximum Gasteiger partial charge on any atom is 0.341 e. The number of aromatic nitrogens is 2. The van der Waals surface area contributed by atoms with Crippen molar-refractivity contribution in [2.45, 2.75) is 20.3 Å². The number of rotatable bonds is 8. The number of nitrogens with zero attached hydrogens (tertiary/aromatic N) is 1. The molecule has 0 aliphatic carbocycles. The number of H-pyrrole nitrogens is 1. The number of primary amides is 1. The van der Waals surface area contributed by atoms with Crippen molar-refractivity contribution >= 4 is 34.1 Å². The third-order valence-electron chi connectivity index (χ3n) is 4.43. The highest BCUT2D eigenvalue weighted by molar-refractivity contribution is 7.18. The summed E-state index contributed by atoms with van der Waals surface area (Å²) >= 11 is 0.929. The van der Waals surface area contributed by atoms with Gasteiger partial charge < -0.3 is 20.5 Å². The van der Waals surface area contributed by atoms with Crippen molar-refractivity contribution in [3.8, 4) is 17.0 Å². The second kappa shape index (κ2) is 9.43. The van der Waals surface area contributed by atoms with Crippen molar-refractivity contribution in [3.63, 3.8) is 0 Å². The molecule has 3 aromatic rings. The first-order valence-corrected chi connectivity index (χ1v) is 10.3. The fourth-order valence-corrected chi connectivity index (χ4v) is 3.93. The predicted octanol–water partition coefficient (Wildman–Crippen LogP) is 3.37. The number of anilines is 1. The van der Waals surface area contributed by atoms with Gasteiger partial charge in [0, 0.05) is 5.56 Å². The second-order valence-corrected chi connectivity index (χ2v) is 7.63. The molecule has 0 radical (unpaired) electrons. The van der Waals surface area contributed by atoms with Crippen LogP contribution in [0.1, 0.15) is 49.4 Å². The van der Waals surface area contributed by atoms with Crippen LogP contribution in [-0.4, -0.2) is 41.7 Å². The lowest BCUT2D eigenvalue weighted by molar-refractivity contribution is 0.0506. The number of carbonyl (C=O) groups is 3. The number of hydrogen-bond donors (Lipinski definition) is 3. The number of esters is 1. The fourth-order valence-electron chi connectivity index (χ4n) is 2.89. The lowest BCUT2D eigenvalue weighted by Gasteiger charge is -2.07. The Bertz CT molecular complexity index is 1130. The maximum absolute atomic E-state index is 12.8. The Morgan fingerprint density at radius 1 is 1.26 bits per heavy atom. The molecule has 2 amide bonds. The predicted molar refractivity (Wildman–Crippen MR) is 117 cm³/mol. The number of carbonyl (C=O) groups excluding carboxylic acids is 3. The van der Waals surface area contributed by atoms with Gasteiger partial charge in [-0.25, -0.2) is 4.79 Å². The van der Waals surface area contributed by atoms with Crippen molar-refractivity contribution in [2.24, 2.45) is 5.73 Å². The molecule has 0 spiro atoms. The topological polar surface area (TPSA) is 136 Å². The molecule has 162 valence electrons. The van der Waals surface area contributed by atoms with E-state index in [1.165, 1.54) is 0 Å². The Kier molecular flexibility index (Phi) is 6.71. The van der Waals surface area contributed by atoms with Gasteiger partial charge in [-0.3, -0.25) is 14.7 Å². The van der Waals surface area contributed by atoms with E-state index in [4.69, 9.17) is 15.2 Å². The molecular weight excluding hydrogens is 420 g/mol. The molecule has 9 nitrogen and oxygen atoms in total. The summed E-state index contributed by atoms with van der Waals surface area (Å²) in [7, 11) is 1.56. The summed E-state index contributed by atoms with van der Waals surface area (Å²) in [5.74, 6) is -1.17. The van der Waals surface area contributed by atoms with Gasteiger partial charge in [0.1, 0.15) is 16.4 Å². The zero-order valence-electron chi connectivity index (χ0n) is 17.3. The standard InChI is InChI=1S/C21H22N4O5S/c1-4-8-30-21(28)16-11(2)17(18(22)26)31-20(16)23-19(27)15-10-14(24-25-15)12-6-5-7-13(9-12)29-3/h5-7,9-10H,4,8H2,1-3H3,(H2,22,26)(H,23,27)(H,24,25). The van der Waals surface area contributed by atoms with Crippen LogP contribution >= 0.6 is 11.3 Å². The highest BCUT2D eigenvalue weighted by Gasteiger charge is 2.26. The van der Waals surface area contributed by atoms with Crippen LogP contribution in [0, 0.1) is 6.92 Å². The average Bonchev–Trinajstić information content (AvgIpc) is 3.37. The summed E-state index contributed by atoms with van der Waals surface area (Å²) in [5, 5.41) is 9.71. The molecule has 2 heterocycles. The molecule has 0 saturated carbocycles. The summed E-state index contributed by atoms with van der Waals surface area (Å²) in [5.41, 5.74) is 7.39.